The van der Waals surface area contributed by atoms with Gasteiger partial charge in [0.15, 0.2) is 0 Å². The minimum atomic E-state index is -0.222. The zero-order valence-electron chi connectivity index (χ0n) is 9.56. The zero-order valence-corrected chi connectivity index (χ0v) is 9.56. The van der Waals surface area contributed by atoms with Crippen molar-refractivity contribution in [1.29, 1.82) is 0 Å². The van der Waals surface area contributed by atoms with Crippen molar-refractivity contribution < 1.29 is 9.53 Å². The van der Waals surface area contributed by atoms with Crippen LogP contribution in [-0.4, -0.2) is 32.2 Å². The molecule has 0 atom stereocenters. The molecule has 0 heterocycles. The van der Waals surface area contributed by atoms with Gasteiger partial charge in [-0.05, 0) is 19.1 Å². The second-order valence-corrected chi connectivity index (χ2v) is 3.35. The monoisotopic (exact) mass is 222 g/mol. The van der Waals surface area contributed by atoms with E-state index in [1.807, 2.05) is 35.2 Å². The predicted octanol–water partition coefficient (Wildman–Crippen LogP) is 1.01. The standard InChI is InChI=1S/C12H18N2O2/c1-2-16-12(15)10-14(9-8-13)11-6-4-3-5-7-11/h3-7H,2,8-10,13H2,1H3. The number of carbonyl (C=O) groups excluding carboxylic acids is 1. The first-order valence-corrected chi connectivity index (χ1v) is 5.43. The summed E-state index contributed by atoms with van der Waals surface area (Å²) in [6.07, 6.45) is 0. The molecule has 1 rings (SSSR count). The van der Waals surface area contributed by atoms with E-state index in [0.29, 0.717) is 19.7 Å². The second-order valence-electron chi connectivity index (χ2n) is 3.35. The maximum atomic E-state index is 11.4. The Morgan fingerprint density at radius 3 is 2.62 bits per heavy atom. The van der Waals surface area contributed by atoms with Crippen LogP contribution in [0.25, 0.3) is 0 Å². The molecule has 0 aliphatic heterocycles. The zero-order chi connectivity index (χ0) is 11.8. The maximum absolute atomic E-state index is 11.4. The average Bonchev–Trinajstić information content (AvgIpc) is 2.30. The molecule has 0 unspecified atom stereocenters. The molecule has 0 bridgehead atoms. The van der Waals surface area contributed by atoms with Gasteiger partial charge in [0.25, 0.3) is 0 Å². The van der Waals surface area contributed by atoms with Gasteiger partial charge >= 0.3 is 5.97 Å². The quantitative estimate of drug-likeness (QED) is 0.730. The Balaban J connectivity index is 2.64. The van der Waals surface area contributed by atoms with Gasteiger partial charge in [-0.2, -0.15) is 0 Å². The smallest absolute Gasteiger partial charge is 0.325 e. The van der Waals surface area contributed by atoms with Crippen LogP contribution in [0.5, 0.6) is 0 Å². The highest BCUT2D eigenvalue weighted by atomic mass is 16.5. The Labute approximate surface area is 96.0 Å². The number of benzene rings is 1. The molecule has 0 spiro atoms. The number of para-hydroxylation sites is 1. The van der Waals surface area contributed by atoms with Gasteiger partial charge < -0.3 is 15.4 Å². The number of rotatable bonds is 6. The topological polar surface area (TPSA) is 55.6 Å². The second kappa shape index (κ2) is 6.85. The van der Waals surface area contributed by atoms with Crippen LogP contribution >= 0.6 is 0 Å². The average molecular weight is 222 g/mol. The molecule has 0 amide bonds. The molecule has 4 heteroatoms. The highest BCUT2D eigenvalue weighted by Crippen LogP contribution is 2.12. The summed E-state index contributed by atoms with van der Waals surface area (Å²) in [5.74, 6) is -0.222. The van der Waals surface area contributed by atoms with E-state index < -0.39 is 0 Å². The molecule has 0 aliphatic carbocycles. The Hall–Kier alpha value is -1.55. The summed E-state index contributed by atoms with van der Waals surface area (Å²) in [4.78, 5) is 13.3. The molecule has 4 nitrogen and oxygen atoms in total. The molecule has 0 saturated heterocycles. The fourth-order valence-corrected chi connectivity index (χ4v) is 1.46. The van der Waals surface area contributed by atoms with E-state index >= 15 is 0 Å². The summed E-state index contributed by atoms with van der Waals surface area (Å²) in [7, 11) is 0. The Bertz CT molecular complexity index is 314. The van der Waals surface area contributed by atoms with E-state index in [-0.39, 0.29) is 12.5 Å². The van der Waals surface area contributed by atoms with Crippen LogP contribution in [-0.2, 0) is 9.53 Å². The number of carbonyl (C=O) groups is 1. The van der Waals surface area contributed by atoms with Crippen molar-refractivity contribution in [2.75, 3.05) is 31.1 Å². The lowest BCUT2D eigenvalue weighted by Crippen LogP contribution is -2.35. The summed E-state index contributed by atoms with van der Waals surface area (Å²) in [6.45, 7) is 3.60. The minimum absolute atomic E-state index is 0.222. The Morgan fingerprint density at radius 2 is 2.06 bits per heavy atom. The van der Waals surface area contributed by atoms with Crippen LogP contribution in [0.15, 0.2) is 30.3 Å². The van der Waals surface area contributed by atoms with Gasteiger partial charge in [0, 0.05) is 18.8 Å². The number of hydrogen-bond donors (Lipinski definition) is 1. The summed E-state index contributed by atoms with van der Waals surface area (Å²) >= 11 is 0. The molecule has 1 aromatic carbocycles. The predicted molar refractivity (Wildman–Crippen MR) is 64.3 cm³/mol. The molecule has 2 N–H and O–H groups in total. The van der Waals surface area contributed by atoms with E-state index in [9.17, 15) is 4.79 Å². The van der Waals surface area contributed by atoms with Gasteiger partial charge in [0.2, 0.25) is 0 Å². The molecular formula is C12H18N2O2. The third-order valence-electron chi connectivity index (χ3n) is 2.15. The molecule has 0 aliphatic rings. The van der Waals surface area contributed by atoms with Gasteiger partial charge in [0.05, 0.1) is 6.61 Å². The van der Waals surface area contributed by atoms with E-state index in [2.05, 4.69) is 0 Å². The van der Waals surface area contributed by atoms with Gasteiger partial charge in [0.1, 0.15) is 6.54 Å². The van der Waals surface area contributed by atoms with Crippen molar-refractivity contribution >= 4 is 11.7 Å². The molecular weight excluding hydrogens is 204 g/mol. The number of nitrogens with zero attached hydrogens (tertiary/aromatic N) is 1. The normalized spacial score (nSPS) is 9.88. The van der Waals surface area contributed by atoms with Crippen LogP contribution in [0.3, 0.4) is 0 Å². The number of anilines is 1. The number of hydrogen-bond acceptors (Lipinski definition) is 4. The number of nitrogens with two attached hydrogens (primary N) is 1. The summed E-state index contributed by atoms with van der Waals surface area (Å²) < 4.78 is 4.92. The summed E-state index contributed by atoms with van der Waals surface area (Å²) in [6, 6.07) is 9.71. The molecule has 0 aromatic heterocycles. The van der Waals surface area contributed by atoms with Crippen molar-refractivity contribution in [3.05, 3.63) is 30.3 Å². The number of ether oxygens (including phenoxy) is 1. The van der Waals surface area contributed by atoms with E-state index in [0.717, 1.165) is 5.69 Å². The number of esters is 1. The maximum Gasteiger partial charge on any atom is 0.325 e. The molecule has 0 radical (unpaired) electrons. The first kappa shape index (κ1) is 12.5. The van der Waals surface area contributed by atoms with E-state index in [1.165, 1.54) is 0 Å². The first-order valence-electron chi connectivity index (χ1n) is 5.43. The third kappa shape index (κ3) is 3.90. The Morgan fingerprint density at radius 1 is 1.38 bits per heavy atom. The van der Waals surface area contributed by atoms with Gasteiger partial charge in [-0.15, -0.1) is 0 Å². The molecule has 88 valence electrons. The van der Waals surface area contributed by atoms with Crippen molar-refractivity contribution in [3.63, 3.8) is 0 Å². The molecule has 0 fully saturated rings. The lowest BCUT2D eigenvalue weighted by Gasteiger charge is -2.22. The van der Waals surface area contributed by atoms with E-state index in [4.69, 9.17) is 10.5 Å². The highest BCUT2D eigenvalue weighted by molar-refractivity contribution is 5.75. The third-order valence-corrected chi connectivity index (χ3v) is 2.15. The van der Waals surface area contributed by atoms with Crippen LogP contribution in [0.2, 0.25) is 0 Å². The fourth-order valence-electron chi connectivity index (χ4n) is 1.46. The van der Waals surface area contributed by atoms with Crippen molar-refractivity contribution in [2.24, 2.45) is 5.73 Å². The molecule has 16 heavy (non-hydrogen) atoms. The van der Waals surface area contributed by atoms with Gasteiger partial charge in [-0.1, -0.05) is 18.2 Å². The fraction of sp³-hybridized carbons (Fsp3) is 0.417. The largest absolute Gasteiger partial charge is 0.465 e. The lowest BCUT2D eigenvalue weighted by molar-refractivity contribution is -0.141. The van der Waals surface area contributed by atoms with Crippen molar-refractivity contribution in [3.8, 4) is 0 Å². The summed E-state index contributed by atoms with van der Waals surface area (Å²) in [5.41, 5.74) is 6.51. The van der Waals surface area contributed by atoms with Crippen molar-refractivity contribution in [1.82, 2.24) is 0 Å². The lowest BCUT2D eigenvalue weighted by atomic mass is 10.3. The van der Waals surface area contributed by atoms with Gasteiger partial charge in [-0.25, -0.2) is 0 Å². The van der Waals surface area contributed by atoms with Crippen LogP contribution in [0.4, 0.5) is 5.69 Å². The SMILES string of the molecule is CCOC(=O)CN(CCN)c1ccccc1. The van der Waals surface area contributed by atoms with Crippen LogP contribution < -0.4 is 10.6 Å². The Kier molecular flexibility index (Phi) is 5.36. The molecule has 1 aromatic rings. The first-order chi connectivity index (χ1) is 7.77. The van der Waals surface area contributed by atoms with Crippen molar-refractivity contribution in [2.45, 2.75) is 6.92 Å². The van der Waals surface area contributed by atoms with Crippen LogP contribution in [0, 0.1) is 0 Å². The van der Waals surface area contributed by atoms with Gasteiger partial charge in [-0.3, -0.25) is 4.79 Å². The summed E-state index contributed by atoms with van der Waals surface area (Å²) in [5, 5.41) is 0. The molecule has 0 saturated carbocycles. The van der Waals surface area contributed by atoms with Crippen LogP contribution in [0.1, 0.15) is 6.92 Å². The van der Waals surface area contributed by atoms with E-state index in [1.54, 1.807) is 6.92 Å². The highest BCUT2D eigenvalue weighted by Gasteiger charge is 2.10. The minimum Gasteiger partial charge on any atom is -0.465 e.